The first-order valence-electron chi connectivity index (χ1n) is 6.42. The topological polar surface area (TPSA) is 52.3 Å². The highest BCUT2D eigenvalue weighted by atomic mass is 32.1. The van der Waals surface area contributed by atoms with Crippen LogP contribution in [0.3, 0.4) is 0 Å². The first kappa shape index (κ1) is 13.8. The van der Waals surface area contributed by atoms with Crippen LogP contribution in [-0.2, 0) is 4.74 Å². The predicted octanol–water partition coefficient (Wildman–Crippen LogP) is 4.18. The van der Waals surface area contributed by atoms with Crippen molar-refractivity contribution in [3.8, 4) is 10.8 Å². The van der Waals surface area contributed by atoms with Crippen molar-refractivity contribution in [1.82, 2.24) is 4.98 Å². The van der Waals surface area contributed by atoms with Crippen LogP contribution in [0.5, 0.6) is 0 Å². The smallest absolute Gasteiger partial charge is 0.376 e. The number of halogens is 1. The van der Waals surface area contributed by atoms with Gasteiger partial charge in [-0.2, -0.15) is 0 Å². The zero-order chi connectivity index (χ0) is 15.0. The van der Waals surface area contributed by atoms with Crippen molar-refractivity contribution in [2.45, 2.75) is 13.8 Å². The summed E-state index contributed by atoms with van der Waals surface area (Å²) >= 11 is 1.36. The van der Waals surface area contributed by atoms with Gasteiger partial charge in [0.05, 0.1) is 17.2 Å². The summed E-state index contributed by atoms with van der Waals surface area (Å²) < 4.78 is 24.4. The SMILES string of the molecule is CCOC(=O)c1oc(-c2cc3ccc(F)cc3s2)nc1C. The summed E-state index contributed by atoms with van der Waals surface area (Å²) in [5, 5.41) is 0.907. The molecular formula is C15H12FNO3S. The summed E-state index contributed by atoms with van der Waals surface area (Å²) in [6, 6.07) is 6.43. The molecule has 21 heavy (non-hydrogen) atoms. The van der Waals surface area contributed by atoms with E-state index in [-0.39, 0.29) is 18.2 Å². The third-order valence-corrected chi connectivity index (χ3v) is 4.04. The average molecular weight is 305 g/mol. The zero-order valence-corrected chi connectivity index (χ0v) is 12.3. The van der Waals surface area contributed by atoms with Crippen molar-refractivity contribution < 1.29 is 18.3 Å². The Morgan fingerprint density at radius 3 is 3.00 bits per heavy atom. The molecule has 0 aliphatic rings. The predicted molar refractivity (Wildman–Crippen MR) is 78.0 cm³/mol. The van der Waals surface area contributed by atoms with Gasteiger partial charge in [-0.3, -0.25) is 0 Å². The van der Waals surface area contributed by atoms with Crippen LogP contribution in [0.4, 0.5) is 4.39 Å². The Bertz CT molecular complexity index is 822. The lowest BCUT2D eigenvalue weighted by Crippen LogP contribution is -2.04. The maximum absolute atomic E-state index is 13.2. The zero-order valence-electron chi connectivity index (χ0n) is 11.5. The van der Waals surface area contributed by atoms with E-state index in [1.54, 1.807) is 19.9 Å². The number of carbonyl (C=O) groups excluding carboxylic acids is 1. The number of esters is 1. The summed E-state index contributed by atoms with van der Waals surface area (Å²) in [6.45, 7) is 3.69. The molecule has 0 amide bonds. The normalized spacial score (nSPS) is 11.0. The molecule has 0 fully saturated rings. The summed E-state index contributed by atoms with van der Waals surface area (Å²) in [4.78, 5) is 16.7. The van der Waals surface area contributed by atoms with E-state index in [0.717, 1.165) is 15.0 Å². The van der Waals surface area contributed by atoms with E-state index in [0.29, 0.717) is 11.6 Å². The molecule has 0 saturated heterocycles. The Labute approximate surface area is 124 Å². The minimum atomic E-state index is -0.527. The van der Waals surface area contributed by atoms with Gasteiger partial charge in [0.1, 0.15) is 5.82 Å². The third-order valence-electron chi connectivity index (χ3n) is 2.95. The number of fused-ring (bicyclic) bond motifs is 1. The van der Waals surface area contributed by atoms with Gasteiger partial charge >= 0.3 is 5.97 Å². The summed E-state index contributed by atoms with van der Waals surface area (Å²) in [7, 11) is 0. The van der Waals surface area contributed by atoms with E-state index in [1.807, 2.05) is 6.07 Å². The molecule has 2 aromatic heterocycles. The molecule has 0 bridgehead atoms. The number of carbonyl (C=O) groups is 1. The molecule has 0 aliphatic heterocycles. The van der Waals surface area contributed by atoms with Crippen LogP contribution < -0.4 is 0 Å². The van der Waals surface area contributed by atoms with Gasteiger partial charge in [0.2, 0.25) is 11.7 Å². The maximum Gasteiger partial charge on any atom is 0.376 e. The molecule has 108 valence electrons. The number of ether oxygens (including phenoxy) is 1. The van der Waals surface area contributed by atoms with Gasteiger partial charge in [-0.05, 0) is 37.4 Å². The first-order chi connectivity index (χ1) is 10.1. The molecule has 2 heterocycles. The van der Waals surface area contributed by atoms with E-state index in [4.69, 9.17) is 9.15 Å². The number of thiophene rings is 1. The molecule has 0 saturated carbocycles. The number of oxazole rings is 1. The van der Waals surface area contributed by atoms with Gasteiger partial charge in [0.15, 0.2) is 0 Å². The molecule has 1 aromatic carbocycles. The van der Waals surface area contributed by atoms with Gasteiger partial charge in [0, 0.05) is 4.70 Å². The lowest BCUT2D eigenvalue weighted by molar-refractivity contribution is 0.0490. The fourth-order valence-electron chi connectivity index (χ4n) is 2.00. The van der Waals surface area contributed by atoms with Crippen LogP contribution in [0.1, 0.15) is 23.2 Å². The number of benzene rings is 1. The molecule has 6 heteroatoms. The average Bonchev–Trinajstić information content (AvgIpc) is 3.01. The standard InChI is InChI=1S/C15H12FNO3S/c1-3-19-15(18)13-8(2)17-14(20-13)12-6-9-4-5-10(16)7-11(9)21-12/h4-7H,3H2,1-2H3. The molecule has 0 spiro atoms. The van der Waals surface area contributed by atoms with E-state index >= 15 is 0 Å². The number of hydrogen-bond acceptors (Lipinski definition) is 5. The highest BCUT2D eigenvalue weighted by Gasteiger charge is 2.20. The van der Waals surface area contributed by atoms with E-state index in [1.165, 1.54) is 23.5 Å². The molecule has 4 nitrogen and oxygen atoms in total. The second-order valence-electron chi connectivity index (χ2n) is 4.45. The van der Waals surface area contributed by atoms with Crippen LogP contribution in [0, 0.1) is 12.7 Å². The van der Waals surface area contributed by atoms with Crippen molar-refractivity contribution in [3.05, 3.63) is 41.5 Å². The van der Waals surface area contributed by atoms with Gasteiger partial charge in [0.25, 0.3) is 0 Å². The van der Waals surface area contributed by atoms with Crippen LogP contribution in [0.15, 0.2) is 28.7 Å². The van der Waals surface area contributed by atoms with Crippen molar-refractivity contribution in [2.24, 2.45) is 0 Å². The monoisotopic (exact) mass is 305 g/mol. The van der Waals surface area contributed by atoms with Crippen molar-refractivity contribution in [1.29, 1.82) is 0 Å². The Balaban J connectivity index is 2.02. The van der Waals surface area contributed by atoms with Gasteiger partial charge < -0.3 is 9.15 Å². The van der Waals surface area contributed by atoms with Crippen LogP contribution in [0.2, 0.25) is 0 Å². The molecule has 3 aromatic rings. The van der Waals surface area contributed by atoms with Crippen molar-refractivity contribution >= 4 is 27.4 Å². The Hall–Kier alpha value is -2.21. The van der Waals surface area contributed by atoms with Crippen LogP contribution >= 0.6 is 11.3 Å². The first-order valence-corrected chi connectivity index (χ1v) is 7.24. The highest BCUT2D eigenvalue weighted by molar-refractivity contribution is 7.22. The Kier molecular flexibility index (Phi) is 3.47. The minimum absolute atomic E-state index is 0.107. The fourth-order valence-corrected chi connectivity index (χ4v) is 3.01. The van der Waals surface area contributed by atoms with Crippen LogP contribution in [-0.4, -0.2) is 17.6 Å². The minimum Gasteiger partial charge on any atom is -0.460 e. The largest absolute Gasteiger partial charge is 0.460 e. The number of rotatable bonds is 3. The maximum atomic E-state index is 13.2. The highest BCUT2D eigenvalue weighted by Crippen LogP contribution is 2.34. The molecule has 3 rings (SSSR count). The molecule has 0 unspecified atom stereocenters. The summed E-state index contributed by atoms with van der Waals surface area (Å²) in [6.07, 6.45) is 0. The van der Waals surface area contributed by atoms with E-state index in [2.05, 4.69) is 4.98 Å². The van der Waals surface area contributed by atoms with E-state index < -0.39 is 5.97 Å². The van der Waals surface area contributed by atoms with Gasteiger partial charge in [-0.1, -0.05) is 6.07 Å². The van der Waals surface area contributed by atoms with Gasteiger partial charge in [-0.15, -0.1) is 11.3 Å². The van der Waals surface area contributed by atoms with Crippen molar-refractivity contribution in [2.75, 3.05) is 6.61 Å². The lowest BCUT2D eigenvalue weighted by atomic mass is 10.2. The van der Waals surface area contributed by atoms with Crippen molar-refractivity contribution in [3.63, 3.8) is 0 Å². The van der Waals surface area contributed by atoms with Crippen LogP contribution in [0.25, 0.3) is 20.9 Å². The molecule has 0 radical (unpaired) electrons. The third kappa shape index (κ3) is 2.54. The molecule has 0 aliphatic carbocycles. The quantitative estimate of drug-likeness (QED) is 0.681. The number of nitrogens with zero attached hydrogens (tertiary/aromatic N) is 1. The number of aryl methyl sites for hydroxylation is 1. The summed E-state index contributed by atoms with van der Waals surface area (Å²) in [5.74, 6) is -0.361. The fraction of sp³-hybridized carbons (Fsp3) is 0.200. The number of hydrogen-bond donors (Lipinski definition) is 0. The summed E-state index contributed by atoms with van der Waals surface area (Å²) in [5.41, 5.74) is 0.479. The molecule has 0 N–H and O–H groups in total. The second-order valence-corrected chi connectivity index (χ2v) is 5.53. The Morgan fingerprint density at radius 1 is 1.43 bits per heavy atom. The van der Waals surface area contributed by atoms with E-state index in [9.17, 15) is 9.18 Å². The lowest BCUT2D eigenvalue weighted by Gasteiger charge is -1.96. The molecular weight excluding hydrogens is 293 g/mol. The second kappa shape index (κ2) is 5.29. The van der Waals surface area contributed by atoms with Gasteiger partial charge in [-0.25, -0.2) is 14.2 Å². The Morgan fingerprint density at radius 2 is 2.24 bits per heavy atom. The number of aromatic nitrogens is 1. The molecule has 0 atom stereocenters.